The molecule has 1 unspecified atom stereocenters. The predicted molar refractivity (Wildman–Crippen MR) is 164 cm³/mol. The van der Waals surface area contributed by atoms with Gasteiger partial charge in [-0.25, -0.2) is 8.42 Å². The molecule has 2 amide bonds. The SMILES string of the molecule is Cc1ccccc1N(CC(=O)N(Cc1ccc(Cl)cc1Cl)C(C)C(=O)NC1CCCC1)S(=O)(=O)c1ccc(Cl)cc1. The fourth-order valence-corrected chi connectivity index (χ4v) is 6.97. The van der Waals surface area contributed by atoms with Crippen LogP contribution in [0.2, 0.25) is 15.1 Å². The van der Waals surface area contributed by atoms with Crippen LogP contribution in [0.5, 0.6) is 0 Å². The van der Waals surface area contributed by atoms with Crippen molar-refractivity contribution in [3.05, 3.63) is 92.9 Å². The average Bonchev–Trinajstić information content (AvgIpc) is 3.44. The summed E-state index contributed by atoms with van der Waals surface area (Å²) in [6.07, 6.45) is 3.85. The molecule has 11 heteroatoms. The molecule has 1 aliphatic carbocycles. The van der Waals surface area contributed by atoms with Crippen molar-refractivity contribution in [2.45, 2.75) is 63.1 Å². The molecule has 0 radical (unpaired) electrons. The molecule has 1 N–H and O–H groups in total. The molecule has 1 aliphatic rings. The topological polar surface area (TPSA) is 86.8 Å². The minimum absolute atomic E-state index is 0.0164. The molecule has 7 nitrogen and oxygen atoms in total. The van der Waals surface area contributed by atoms with E-state index in [1.807, 2.05) is 0 Å². The highest BCUT2D eigenvalue weighted by Crippen LogP contribution is 2.29. The maximum Gasteiger partial charge on any atom is 0.264 e. The number of halogens is 3. The van der Waals surface area contributed by atoms with Crippen molar-refractivity contribution in [3.63, 3.8) is 0 Å². The first-order chi connectivity index (χ1) is 19.5. The first-order valence-electron chi connectivity index (χ1n) is 13.3. The van der Waals surface area contributed by atoms with E-state index in [0.717, 1.165) is 30.0 Å². The van der Waals surface area contributed by atoms with E-state index < -0.39 is 28.5 Å². The van der Waals surface area contributed by atoms with Crippen molar-refractivity contribution in [1.29, 1.82) is 0 Å². The number of carbonyl (C=O) groups is 2. The molecule has 0 saturated heterocycles. The quantitative estimate of drug-likeness (QED) is 0.271. The molecule has 1 fully saturated rings. The van der Waals surface area contributed by atoms with E-state index >= 15 is 0 Å². The molecule has 0 aliphatic heterocycles. The van der Waals surface area contributed by atoms with Gasteiger partial charge in [0.25, 0.3) is 10.0 Å². The summed E-state index contributed by atoms with van der Waals surface area (Å²) in [5, 5.41) is 4.20. The summed E-state index contributed by atoms with van der Waals surface area (Å²) in [6, 6.07) is 16.7. The minimum Gasteiger partial charge on any atom is -0.352 e. The molecule has 218 valence electrons. The number of benzene rings is 3. The van der Waals surface area contributed by atoms with E-state index in [4.69, 9.17) is 34.8 Å². The van der Waals surface area contributed by atoms with Crippen molar-refractivity contribution in [3.8, 4) is 0 Å². The van der Waals surface area contributed by atoms with Gasteiger partial charge in [-0.15, -0.1) is 0 Å². The van der Waals surface area contributed by atoms with Crippen LogP contribution in [-0.4, -0.2) is 43.8 Å². The molecule has 1 atom stereocenters. The van der Waals surface area contributed by atoms with Gasteiger partial charge >= 0.3 is 0 Å². The Morgan fingerprint density at radius 1 is 0.951 bits per heavy atom. The summed E-state index contributed by atoms with van der Waals surface area (Å²) in [5.74, 6) is -0.871. The molecule has 0 heterocycles. The number of hydrogen-bond acceptors (Lipinski definition) is 4. The Bertz CT molecular complexity index is 1510. The number of aryl methyl sites for hydroxylation is 1. The summed E-state index contributed by atoms with van der Waals surface area (Å²) < 4.78 is 28.9. The van der Waals surface area contributed by atoms with Crippen molar-refractivity contribution >= 4 is 62.3 Å². The summed E-state index contributed by atoms with van der Waals surface area (Å²) in [5.41, 5.74) is 1.59. The van der Waals surface area contributed by atoms with Crippen LogP contribution in [0, 0.1) is 6.92 Å². The van der Waals surface area contributed by atoms with Crippen LogP contribution in [0.1, 0.15) is 43.7 Å². The molecule has 0 aromatic heterocycles. The second-order valence-electron chi connectivity index (χ2n) is 10.2. The van der Waals surface area contributed by atoms with Gasteiger partial charge in [0.2, 0.25) is 11.8 Å². The van der Waals surface area contributed by atoms with Crippen LogP contribution in [0.3, 0.4) is 0 Å². The molecule has 3 aromatic rings. The van der Waals surface area contributed by atoms with Gasteiger partial charge in [-0.3, -0.25) is 13.9 Å². The average molecular weight is 637 g/mol. The van der Waals surface area contributed by atoms with E-state index in [2.05, 4.69) is 5.32 Å². The largest absolute Gasteiger partial charge is 0.352 e. The third-order valence-electron chi connectivity index (χ3n) is 7.29. The van der Waals surface area contributed by atoms with E-state index in [1.165, 1.54) is 29.2 Å². The number of carbonyl (C=O) groups excluding carboxylic acids is 2. The molecule has 41 heavy (non-hydrogen) atoms. The van der Waals surface area contributed by atoms with Crippen LogP contribution in [0.4, 0.5) is 5.69 Å². The summed E-state index contributed by atoms with van der Waals surface area (Å²) >= 11 is 18.5. The minimum atomic E-state index is -4.19. The molecule has 0 spiro atoms. The van der Waals surface area contributed by atoms with E-state index in [0.29, 0.717) is 31.9 Å². The van der Waals surface area contributed by atoms with Gasteiger partial charge < -0.3 is 10.2 Å². The van der Waals surface area contributed by atoms with Gasteiger partial charge in [0.05, 0.1) is 10.6 Å². The van der Waals surface area contributed by atoms with Crippen molar-refractivity contribution in [2.75, 3.05) is 10.8 Å². The standard InChI is InChI=1S/C30H32Cl3N3O4S/c1-20-7-3-6-10-28(20)36(41(39,40)26-15-13-23(31)14-16-26)19-29(37)35(18-22-11-12-24(32)17-27(22)33)21(2)30(38)34-25-8-4-5-9-25/h3,6-7,10-17,21,25H,4-5,8-9,18-19H2,1-2H3,(H,34,38). The van der Waals surface area contributed by atoms with Gasteiger partial charge in [-0.1, -0.05) is 71.9 Å². The Kier molecular flexibility index (Phi) is 10.2. The van der Waals surface area contributed by atoms with E-state index in [1.54, 1.807) is 56.3 Å². The fraction of sp³-hybridized carbons (Fsp3) is 0.333. The van der Waals surface area contributed by atoms with Gasteiger partial charge in [0.1, 0.15) is 12.6 Å². The fourth-order valence-electron chi connectivity index (χ4n) is 4.90. The zero-order valence-electron chi connectivity index (χ0n) is 22.8. The zero-order valence-corrected chi connectivity index (χ0v) is 25.9. The normalized spacial score (nSPS) is 14.5. The first-order valence-corrected chi connectivity index (χ1v) is 15.9. The number of hydrogen-bond donors (Lipinski definition) is 1. The smallest absolute Gasteiger partial charge is 0.264 e. The second kappa shape index (κ2) is 13.5. The number of amides is 2. The third-order valence-corrected chi connectivity index (χ3v) is 9.90. The van der Waals surface area contributed by atoms with Crippen LogP contribution in [0.25, 0.3) is 0 Å². The molecule has 4 rings (SSSR count). The predicted octanol–water partition coefficient (Wildman–Crippen LogP) is 6.63. The number of sulfonamides is 1. The molecule has 1 saturated carbocycles. The van der Waals surface area contributed by atoms with Crippen LogP contribution < -0.4 is 9.62 Å². The molecular formula is C30H32Cl3N3O4S. The van der Waals surface area contributed by atoms with E-state index in [9.17, 15) is 18.0 Å². The Morgan fingerprint density at radius 2 is 1.59 bits per heavy atom. The number of para-hydroxylation sites is 1. The number of anilines is 1. The van der Waals surface area contributed by atoms with E-state index in [-0.39, 0.29) is 23.4 Å². The van der Waals surface area contributed by atoms with Gasteiger partial charge in [-0.05, 0) is 80.3 Å². The third kappa shape index (κ3) is 7.55. The number of nitrogens with one attached hydrogen (secondary N) is 1. The number of rotatable bonds is 10. The lowest BCUT2D eigenvalue weighted by atomic mass is 10.1. The maximum absolute atomic E-state index is 14.1. The highest BCUT2D eigenvalue weighted by molar-refractivity contribution is 7.92. The van der Waals surface area contributed by atoms with Crippen molar-refractivity contribution in [2.24, 2.45) is 0 Å². The van der Waals surface area contributed by atoms with Gasteiger partial charge in [0, 0.05) is 27.7 Å². The summed E-state index contributed by atoms with van der Waals surface area (Å²) in [4.78, 5) is 28.8. The molecular weight excluding hydrogens is 605 g/mol. The summed E-state index contributed by atoms with van der Waals surface area (Å²) in [6.45, 7) is 2.85. The first kappa shape index (κ1) is 31.2. The van der Waals surface area contributed by atoms with Crippen molar-refractivity contribution in [1.82, 2.24) is 10.2 Å². The van der Waals surface area contributed by atoms with Crippen LogP contribution in [-0.2, 0) is 26.2 Å². The van der Waals surface area contributed by atoms with Crippen molar-refractivity contribution < 1.29 is 18.0 Å². The Labute approximate surface area is 256 Å². The second-order valence-corrected chi connectivity index (χ2v) is 13.3. The lowest BCUT2D eigenvalue weighted by Crippen LogP contribution is -2.52. The zero-order chi connectivity index (χ0) is 29.7. The van der Waals surface area contributed by atoms with Crippen LogP contribution >= 0.6 is 34.8 Å². The monoisotopic (exact) mass is 635 g/mol. The molecule has 3 aromatic carbocycles. The summed E-state index contributed by atoms with van der Waals surface area (Å²) in [7, 11) is -4.19. The van der Waals surface area contributed by atoms with Gasteiger partial charge in [0.15, 0.2) is 0 Å². The number of nitrogens with zero attached hydrogens (tertiary/aromatic N) is 2. The maximum atomic E-state index is 14.1. The highest BCUT2D eigenvalue weighted by Gasteiger charge is 2.34. The Hall–Kier alpha value is -2.78. The Morgan fingerprint density at radius 3 is 2.22 bits per heavy atom. The lowest BCUT2D eigenvalue weighted by Gasteiger charge is -2.33. The van der Waals surface area contributed by atoms with Gasteiger partial charge in [-0.2, -0.15) is 0 Å². The van der Waals surface area contributed by atoms with Crippen LogP contribution in [0.15, 0.2) is 71.6 Å². The Balaban J connectivity index is 1.71. The lowest BCUT2D eigenvalue weighted by molar-refractivity contribution is -0.139. The highest BCUT2D eigenvalue weighted by atomic mass is 35.5. The molecule has 0 bridgehead atoms.